The molecular weight excluding hydrogens is 1560 g/mol. The van der Waals surface area contributed by atoms with E-state index in [1.165, 1.54) is 9.80 Å². The van der Waals surface area contributed by atoms with Crippen molar-refractivity contribution in [3.8, 4) is 23.3 Å². The molecule has 636 valence electrons. The molecule has 2 aromatic carbocycles. The summed E-state index contributed by atoms with van der Waals surface area (Å²) < 4.78 is 173. The highest BCUT2D eigenvalue weighted by Gasteiger charge is 2.64. The molecule has 24 nitrogen and oxygen atoms in total. The number of amides is 4. The van der Waals surface area contributed by atoms with E-state index in [4.69, 9.17) is 28.4 Å². The van der Waals surface area contributed by atoms with Crippen molar-refractivity contribution >= 4 is 88.7 Å². The van der Waals surface area contributed by atoms with E-state index in [0.29, 0.717) is 99.7 Å². The summed E-state index contributed by atoms with van der Waals surface area (Å²) in [4.78, 5) is 125. The number of ether oxygens (including phenoxy) is 6. The number of benzene rings is 2. The number of aromatic nitrogens is 2. The van der Waals surface area contributed by atoms with E-state index in [1.54, 1.807) is 62.6 Å². The number of fused-ring (bicyclic) bond motifs is 6. The normalized spacial score (nSPS) is 29.1. The van der Waals surface area contributed by atoms with Crippen LogP contribution in [0.15, 0.2) is 85.2 Å². The van der Waals surface area contributed by atoms with Gasteiger partial charge in [0.2, 0.25) is 66.6 Å². The van der Waals surface area contributed by atoms with E-state index < -0.39 is 185 Å². The number of pyridine rings is 2. The number of hydrogen-bond donors (Lipinski definition) is 2. The maximum Gasteiger partial charge on any atom is 0.427 e. The lowest BCUT2D eigenvalue weighted by Gasteiger charge is -2.33. The summed E-state index contributed by atoms with van der Waals surface area (Å²) >= 11 is 0. The second kappa shape index (κ2) is 35.3. The van der Waals surface area contributed by atoms with Crippen LogP contribution in [0.4, 0.5) is 26.3 Å². The Bertz CT molecular complexity index is 4360. The maximum atomic E-state index is 14.8. The predicted octanol–water partition coefficient (Wildman–Crippen LogP) is 13.7. The molecule has 0 spiro atoms. The van der Waals surface area contributed by atoms with Crippen molar-refractivity contribution in [2.24, 2.45) is 58.2 Å². The van der Waals surface area contributed by atoms with Gasteiger partial charge in [0.05, 0.1) is 84.4 Å². The summed E-state index contributed by atoms with van der Waals surface area (Å²) in [5.41, 5.74) is -8.33. The Balaban J connectivity index is 0.000000228. The van der Waals surface area contributed by atoms with Crippen molar-refractivity contribution < 1.29 is 110 Å². The fourth-order valence-corrected chi connectivity index (χ4v) is 19.2. The largest absolute Gasteiger partial charge is 0.494 e. The summed E-state index contributed by atoms with van der Waals surface area (Å²) in [6, 6.07) is 12.2. The van der Waals surface area contributed by atoms with Gasteiger partial charge in [0.1, 0.15) is 23.7 Å². The summed E-state index contributed by atoms with van der Waals surface area (Å²) in [5, 5.41) is 1.55. The highest BCUT2D eigenvalue weighted by molar-refractivity contribution is 7.91. The molecule has 14 atom stereocenters. The van der Waals surface area contributed by atoms with E-state index in [9.17, 15) is 81.5 Å². The average molecular weight is 1670 g/mol. The molecule has 32 heteroatoms. The van der Waals surface area contributed by atoms with Crippen molar-refractivity contribution in [1.82, 2.24) is 29.2 Å². The lowest BCUT2D eigenvalue weighted by molar-refractivity contribution is -0.257. The minimum absolute atomic E-state index is 0.0119. The Morgan fingerprint density at radius 3 is 1.25 bits per heavy atom. The standard InChI is InChI=1S/2C42H54F3N3O9S/c2*1-6-17-55-29-11-14-32-27(19-29)15-16-46-37(32)56-30-20-34-35(49)23-41(39(52)47-58(53,54)31-12-13-31)22-28(41)10-8-7-9-25(2)18-26(3)33(38(51)48(34)24-30)21-36(50)57-40(4,5)42(43,44)45/h2*8,10-11,14-16,19,25-26,28,30-31,33-34H,6-7,9,12-13,17-18,20-24H2,1-5H3,(H,47,52)/b2*10-8-/t25-,26+,28+,30+,33-,34-,41+;25-,26-,28-,30-,33+,34+,41-/m01/s1. The third kappa shape index (κ3) is 20.8. The van der Waals surface area contributed by atoms with Crippen LogP contribution in [0, 0.1) is 58.2 Å². The minimum Gasteiger partial charge on any atom is -0.494 e. The molecule has 0 bridgehead atoms. The Kier molecular flexibility index (Phi) is 26.9. The zero-order valence-electron chi connectivity index (χ0n) is 67.4. The molecule has 0 radical (unpaired) electrons. The molecule has 4 amide bonds. The summed E-state index contributed by atoms with van der Waals surface area (Å²) in [6.45, 7) is 15.3. The molecule has 6 fully saturated rings. The number of Topliss-reactive ketones (excluding diaryl/α,β-unsaturated/α-hetero) is 2. The molecule has 2 saturated heterocycles. The third-order valence-electron chi connectivity index (χ3n) is 24.1. The number of esters is 2. The second-order valence-electron chi connectivity index (χ2n) is 34.5. The number of nitrogens with zero attached hydrogens (tertiary/aromatic N) is 4. The van der Waals surface area contributed by atoms with Gasteiger partial charge in [-0.15, -0.1) is 0 Å². The molecule has 4 saturated carbocycles. The van der Waals surface area contributed by atoms with Crippen molar-refractivity contribution in [2.75, 3.05) is 26.3 Å². The van der Waals surface area contributed by atoms with Gasteiger partial charge in [-0.1, -0.05) is 65.8 Å². The first-order valence-corrected chi connectivity index (χ1v) is 43.6. The molecule has 12 rings (SSSR count). The Morgan fingerprint density at radius 2 is 0.905 bits per heavy atom. The van der Waals surface area contributed by atoms with Crippen LogP contribution >= 0.6 is 0 Å². The van der Waals surface area contributed by atoms with Crippen molar-refractivity contribution in [3.05, 3.63) is 85.2 Å². The first kappa shape index (κ1) is 88.4. The number of nitrogens with one attached hydrogen (secondary N) is 2. The van der Waals surface area contributed by atoms with Crippen LogP contribution in [0.25, 0.3) is 21.5 Å². The Hall–Kier alpha value is -8.42. The number of carbonyl (C=O) groups excluding carboxylic acids is 8. The molecule has 0 unspecified atom stereocenters. The van der Waals surface area contributed by atoms with Crippen molar-refractivity contribution in [1.29, 1.82) is 0 Å². The fourth-order valence-electron chi connectivity index (χ4n) is 16.5. The minimum atomic E-state index is -4.86. The highest BCUT2D eigenvalue weighted by Crippen LogP contribution is 2.59. The Labute approximate surface area is 673 Å². The van der Waals surface area contributed by atoms with Gasteiger partial charge in [0, 0.05) is 48.8 Å². The fraction of sp³-hybridized carbons (Fsp3) is 0.643. The number of carbonyl (C=O) groups is 8. The smallest absolute Gasteiger partial charge is 0.427 e. The number of alkyl halides is 6. The zero-order chi connectivity index (χ0) is 84.4. The van der Waals surface area contributed by atoms with Gasteiger partial charge in [0.15, 0.2) is 11.6 Å². The van der Waals surface area contributed by atoms with Gasteiger partial charge in [0.25, 0.3) is 0 Å². The van der Waals surface area contributed by atoms with Crippen LogP contribution in [0.2, 0.25) is 0 Å². The predicted molar refractivity (Wildman–Crippen MR) is 416 cm³/mol. The first-order valence-electron chi connectivity index (χ1n) is 40.5. The molecule has 4 aliphatic heterocycles. The second-order valence-corrected chi connectivity index (χ2v) is 38.4. The summed E-state index contributed by atoms with van der Waals surface area (Å²) in [5.74, 6) is -8.40. The van der Waals surface area contributed by atoms with E-state index >= 15 is 0 Å². The van der Waals surface area contributed by atoms with Gasteiger partial charge < -0.3 is 38.2 Å². The van der Waals surface area contributed by atoms with Crippen LogP contribution in [0.1, 0.15) is 198 Å². The van der Waals surface area contributed by atoms with Crippen LogP contribution in [-0.4, -0.2) is 168 Å². The van der Waals surface area contributed by atoms with Gasteiger partial charge in [-0.05, 0) is 212 Å². The van der Waals surface area contributed by atoms with E-state index in [-0.39, 0.29) is 75.2 Å². The number of allylic oxidation sites excluding steroid dienone is 4. The highest BCUT2D eigenvalue weighted by atomic mass is 32.2. The number of hydrogen-bond acceptors (Lipinski definition) is 20. The van der Waals surface area contributed by atoms with Crippen molar-refractivity contribution in [2.45, 2.75) is 256 Å². The average Bonchev–Trinajstić information content (AvgIpc) is 1.57. The van der Waals surface area contributed by atoms with Gasteiger partial charge >= 0.3 is 24.3 Å². The number of ketones is 2. The number of halogens is 6. The molecular formula is C84H108F6N6O18S2. The third-order valence-corrected chi connectivity index (χ3v) is 27.7. The molecule has 2 N–H and O–H groups in total. The molecule has 8 aliphatic rings. The molecule has 6 heterocycles. The maximum absolute atomic E-state index is 14.8. The van der Waals surface area contributed by atoms with Crippen LogP contribution in [-0.2, 0) is 67.9 Å². The quantitative estimate of drug-likeness (QED) is 0.0419. The molecule has 4 aliphatic carbocycles. The van der Waals surface area contributed by atoms with Crippen LogP contribution in [0.3, 0.4) is 0 Å². The topological polar surface area (TPSA) is 317 Å². The van der Waals surface area contributed by atoms with E-state index in [2.05, 4.69) is 19.4 Å². The first-order chi connectivity index (χ1) is 54.5. The molecule has 116 heavy (non-hydrogen) atoms. The van der Waals surface area contributed by atoms with Crippen LogP contribution < -0.4 is 28.4 Å². The lowest BCUT2D eigenvalue weighted by Crippen LogP contribution is -2.48. The van der Waals surface area contributed by atoms with E-state index in [0.717, 1.165) is 51.3 Å². The number of sulfonamides is 2. The van der Waals surface area contributed by atoms with Crippen molar-refractivity contribution in [3.63, 3.8) is 0 Å². The monoisotopic (exact) mass is 1670 g/mol. The summed E-state index contributed by atoms with van der Waals surface area (Å²) in [6.07, 6.45) is 4.67. The zero-order valence-corrected chi connectivity index (χ0v) is 69.0. The Morgan fingerprint density at radius 1 is 0.534 bits per heavy atom. The lowest BCUT2D eigenvalue weighted by atomic mass is 9.82. The van der Waals surface area contributed by atoms with Gasteiger partial charge in [-0.25, -0.2) is 26.8 Å². The van der Waals surface area contributed by atoms with Gasteiger partial charge in [-0.3, -0.25) is 47.8 Å². The SMILES string of the molecule is CCCOc1ccc2c(O[C@@H]3C[C@H]4C(=O)C[C@]5(C(=O)NS(=O)(=O)C6CC6)C[C@H]5/C=C\CC[C@@H](C)C[C@@H](C)[C@H](CC(=O)OC(C)(C)C(F)(F)F)C(=O)N4C3)nccc2c1.CCCOc1ccc2c(O[C@@H]3C[C@H]4C(=O)C[C@]5(C(=O)NS(=O)(=O)C6CC6)C[C@H]5/C=C\CC[C@H](C)C[C@@H](C)[C@H](CC(=O)OC(C)(C)C(F)(F)F)C(=O)N4C3)nccc2c1. The number of rotatable bonds is 22. The molecule has 4 aromatic rings. The van der Waals surface area contributed by atoms with Crippen LogP contribution in [0.5, 0.6) is 23.3 Å². The molecule has 2 aromatic heterocycles. The van der Waals surface area contributed by atoms with Gasteiger partial charge in [-0.2, -0.15) is 26.3 Å². The van der Waals surface area contributed by atoms with E-state index in [1.807, 2.05) is 64.1 Å². The summed E-state index contributed by atoms with van der Waals surface area (Å²) in [7, 11) is -7.86.